The molecule has 1 unspecified atom stereocenters. The Balaban J connectivity index is 1.28. The number of piperazine rings is 1. The lowest BCUT2D eigenvalue weighted by atomic mass is 10.2. The molecule has 0 saturated carbocycles. The van der Waals surface area contributed by atoms with Gasteiger partial charge in [-0.05, 0) is 49.3 Å². The minimum absolute atomic E-state index is 0.316. The number of rotatable bonds is 13. The number of hydrogen-bond acceptors (Lipinski definition) is 7. The van der Waals surface area contributed by atoms with Crippen molar-refractivity contribution in [2.24, 2.45) is 0 Å². The molecular formula is C24H36N4O3. The first-order valence-electron chi connectivity index (χ1n) is 11.3. The molecule has 2 N–H and O–H groups in total. The Morgan fingerprint density at radius 3 is 2.65 bits per heavy atom. The van der Waals surface area contributed by atoms with Gasteiger partial charge in [-0.3, -0.25) is 9.88 Å². The second kappa shape index (κ2) is 13.3. The first kappa shape index (κ1) is 23.5. The van der Waals surface area contributed by atoms with E-state index in [2.05, 4.69) is 33.1 Å². The molecule has 0 aliphatic carbocycles. The van der Waals surface area contributed by atoms with Gasteiger partial charge in [-0.1, -0.05) is 19.1 Å². The average Bonchev–Trinajstić information content (AvgIpc) is 2.81. The number of β-amino-alcohol motifs (C(OH)–C–C–N with tert-alkyl or cyclic N) is 1. The van der Waals surface area contributed by atoms with Crippen molar-refractivity contribution in [2.45, 2.75) is 26.0 Å². The number of nitrogens with one attached hydrogen (secondary N) is 1. The Hall–Kier alpha value is -2.19. The van der Waals surface area contributed by atoms with Gasteiger partial charge in [-0.2, -0.15) is 0 Å². The van der Waals surface area contributed by atoms with Gasteiger partial charge in [0.2, 0.25) is 0 Å². The highest BCUT2D eigenvalue weighted by Crippen LogP contribution is 2.14. The highest BCUT2D eigenvalue weighted by molar-refractivity contribution is 5.28. The van der Waals surface area contributed by atoms with Crippen LogP contribution in [-0.4, -0.2) is 85.0 Å². The van der Waals surface area contributed by atoms with E-state index in [0.717, 1.165) is 69.3 Å². The van der Waals surface area contributed by atoms with Crippen LogP contribution in [0.3, 0.4) is 0 Å². The summed E-state index contributed by atoms with van der Waals surface area (Å²) in [6.07, 6.45) is 3.91. The maximum absolute atomic E-state index is 10.4. The molecule has 1 aliphatic rings. The number of benzene rings is 1. The Morgan fingerprint density at radius 2 is 1.87 bits per heavy atom. The van der Waals surface area contributed by atoms with Crippen LogP contribution in [0.5, 0.6) is 11.5 Å². The van der Waals surface area contributed by atoms with Gasteiger partial charge in [0, 0.05) is 45.5 Å². The summed E-state index contributed by atoms with van der Waals surface area (Å²) in [5.41, 5.74) is 1.16. The van der Waals surface area contributed by atoms with Crippen molar-refractivity contribution in [3.05, 3.63) is 54.4 Å². The highest BCUT2D eigenvalue weighted by atomic mass is 16.5. The van der Waals surface area contributed by atoms with Gasteiger partial charge in [-0.15, -0.1) is 0 Å². The normalized spacial score (nSPS) is 16.2. The van der Waals surface area contributed by atoms with Crippen LogP contribution in [0.4, 0.5) is 0 Å². The second-order valence-electron chi connectivity index (χ2n) is 7.91. The summed E-state index contributed by atoms with van der Waals surface area (Å²) in [4.78, 5) is 8.79. The molecule has 31 heavy (non-hydrogen) atoms. The lowest BCUT2D eigenvalue weighted by Crippen LogP contribution is -2.49. The van der Waals surface area contributed by atoms with Crippen molar-refractivity contribution in [3.63, 3.8) is 0 Å². The van der Waals surface area contributed by atoms with Crippen molar-refractivity contribution in [1.29, 1.82) is 0 Å². The van der Waals surface area contributed by atoms with E-state index < -0.39 is 6.10 Å². The van der Waals surface area contributed by atoms with Crippen LogP contribution < -0.4 is 14.8 Å². The van der Waals surface area contributed by atoms with Crippen LogP contribution in [0.1, 0.15) is 18.9 Å². The lowest BCUT2D eigenvalue weighted by molar-refractivity contribution is 0.0471. The SMILES string of the molecule is CCN1CCN(CC(O)COc2cccc(CNCCCOc3cccnc3)c2)CC1. The predicted octanol–water partition coefficient (Wildman–Crippen LogP) is 2.02. The predicted molar refractivity (Wildman–Crippen MR) is 123 cm³/mol. The summed E-state index contributed by atoms with van der Waals surface area (Å²) < 4.78 is 11.5. The van der Waals surface area contributed by atoms with Crippen molar-refractivity contribution in [2.75, 3.05) is 59.0 Å². The van der Waals surface area contributed by atoms with Crippen LogP contribution in [-0.2, 0) is 6.54 Å². The van der Waals surface area contributed by atoms with Crippen molar-refractivity contribution in [1.82, 2.24) is 20.1 Å². The molecule has 1 aliphatic heterocycles. The molecule has 1 atom stereocenters. The van der Waals surface area contributed by atoms with E-state index in [9.17, 15) is 5.11 Å². The van der Waals surface area contributed by atoms with E-state index in [1.807, 2.05) is 30.3 Å². The minimum Gasteiger partial charge on any atom is -0.492 e. The fourth-order valence-corrected chi connectivity index (χ4v) is 3.63. The number of aromatic nitrogens is 1. The molecule has 2 heterocycles. The van der Waals surface area contributed by atoms with Crippen molar-refractivity contribution < 1.29 is 14.6 Å². The topological polar surface area (TPSA) is 70.1 Å². The van der Waals surface area contributed by atoms with E-state index in [-0.39, 0.29) is 0 Å². The first-order chi connectivity index (χ1) is 15.2. The van der Waals surface area contributed by atoms with Crippen molar-refractivity contribution >= 4 is 0 Å². The number of nitrogens with zero attached hydrogens (tertiary/aromatic N) is 3. The standard InChI is InChI=1S/C24H36N4O3/c1-2-27-11-13-28(14-12-27)19-22(29)20-31-23-7-3-6-21(16-23)17-25-10-5-15-30-24-8-4-9-26-18-24/h3-4,6-9,16,18,22,25,29H,2,5,10-15,17,19-20H2,1H3. The lowest BCUT2D eigenvalue weighted by Gasteiger charge is -2.34. The molecule has 0 spiro atoms. The minimum atomic E-state index is -0.477. The molecule has 0 radical (unpaired) electrons. The van der Waals surface area contributed by atoms with E-state index >= 15 is 0 Å². The highest BCUT2D eigenvalue weighted by Gasteiger charge is 2.18. The van der Waals surface area contributed by atoms with Crippen LogP contribution in [0.15, 0.2) is 48.8 Å². The molecule has 0 bridgehead atoms. The smallest absolute Gasteiger partial charge is 0.137 e. The van der Waals surface area contributed by atoms with E-state index in [1.165, 1.54) is 0 Å². The number of aliphatic hydroxyl groups is 1. The first-order valence-corrected chi connectivity index (χ1v) is 11.3. The van der Waals surface area contributed by atoms with Crippen molar-refractivity contribution in [3.8, 4) is 11.5 Å². The zero-order chi connectivity index (χ0) is 21.7. The van der Waals surface area contributed by atoms with Gasteiger partial charge in [0.15, 0.2) is 0 Å². The maximum Gasteiger partial charge on any atom is 0.137 e. The summed E-state index contributed by atoms with van der Waals surface area (Å²) in [5, 5.41) is 13.8. The summed E-state index contributed by atoms with van der Waals surface area (Å²) in [5.74, 6) is 1.60. The molecule has 1 fully saturated rings. The quantitative estimate of drug-likeness (QED) is 0.473. The molecule has 1 saturated heterocycles. The largest absolute Gasteiger partial charge is 0.492 e. The molecule has 0 amide bonds. The van der Waals surface area contributed by atoms with Crippen LogP contribution >= 0.6 is 0 Å². The van der Waals surface area contributed by atoms with E-state index in [1.54, 1.807) is 12.4 Å². The van der Waals surface area contributed by atoms with E-state index in [4.69, 9.17) is 9.47 Å². The fourth-order valence-electron chi connectivity index (χ4n) is 3.63. The Labute approximate surface area is 186 Å². The maximum atomic E-state index is 10.4. The molecular weight excluding hydrogens is 392 g/mol. The van der Waals surface area contributed by atoms with Gasteiger partial charge in [-0.25, -0.2) is 0 Å². The third kappa shape index (κ3) is 8.83. The fraction of sp³-hybridized carbons (Fsp3) is 0.542. The molecule has 1 aromatic heterocycles. The van der Waals surface area contributed by atoms with Gasteiger partial charge in [0.05, 0.1) is 12.8 Å². The number of pyridine rings is 1. The third-order valence-corrected chi connectivity index (χ3v) is 5.45. The van der Waals surface area contributed by atoms with Gasteiger partial charge < -0.3 is 24.8 Å². The molecule has 3 rings (SSSR count). The van der Waals surface area contributed by atoms with Gasteiger partial charge in [0.25, 0.3) is 0 Å². The zero-order valence-corrected chi connectivity index (χ0v) is 18.6. The van der Waals surface area contributed by atoms with Gasteiger partial charge >= 0.3 is 0 Å². The average molecular weight is 429 g/mol. The summed E-state index contributed by atoms with van der Waals surface area (Å²) >= 11 is 0. The Morgan fingerprint density at radius 1 is 1.06 bits per heavy atom. The monoisotopic (exact) mass is 428 g/mol. The molecule has 7 nitrogen and oxygen atoms in total. The Bertz CT molecular complexity index is 739. The van der Waals surface area contributed by atoms with Gasteiger partial charge in [0.1, 0.15) is 24.2 Å². The molecule has 170 valence electrons. The molecule has 7 heteroatoms. The summed E-state index contributed by atoms with van der Waals surface area (Å²) in [7, 11) is 0. The number of aliphatic hydroxyl groups excluding tert-OH is 1. The number of hydrogen-bond donors (Lipinski definition) is 2. The summed E-state index contributed by atoms with van der Waals surface area (Å²) in [6.45, 7) is 10.8. The van der Waals surface area contributed by atoms with Crippen LogP contribution in [0.25, 0.3) is 0 Å². The summed E-state index contributed by atoms with van der Waals surface area (Å²) in [6, 6.07) is 11.8. The van der Waals surface area contributed by atoms with E-state index in [0.29, 0.717) is 19.8 Å². The van der Waals surface area contributed by atoms with Crippen LogP contribution in [0, 0.1) is 0 Å². The molecule has 1 aromatic carbocycles. The third-order valence-electron chi connectivity index (χ3n) is 5.45. The molecule has 2 aromatic rings. The number of likely N-dealkylation sites (N-methyl/N-ethyl adjacent to an activating group) is 1. The second-order valence-corrected chi connectivity index (χ2v) is 7.91. The number of ether oxygens (including phenoxy) is 2. The zero-order valence-electron chi connectivity index (χ0n) is 18.6. The Kier molecular flexibility index (Phi) is 10.0. The van der Waals surface area contributed by atoms with Crippen LogP contribution in [0.2, 0.25) is 0 Å².